The van der Waals surface area contributed by atoms with Crippen LogP contribution in [0, 0.1) is 13.8 Å². The molecule has 8 heteroatoms. The molecule has 0 aliphatic heterocycles. The van der Waals surface area contributed by atoms with Crippen molar-refractivity contribution in [2.24, 2.45) is 0 Å². The number of anilines is 1. The van der Waals surface area contributed by atoms with Crippen LogP contribution in [0.25, 0.3) is 5.95 Å². The largest absolute Gasteiger partial charge is 0.379 e. The first-order valence-corrected chi connectivity index (χ1v) is 7.38. The average molecular weight is 321 g/mol. The first-order valence-electron chi connectivity index (χ1n) is 7.38. The summed E-state index contributed by atoms with van der Waals surface area (Å²) >= 11 is 0. The van der Waals surface area contributed by atoms with Crippen molar-refractivity contribution in [1.29, 1.82) is 0 Å². The van der Waals surface area contributed by atoms with Crippen LogP contribution in [0.1, 0.15) is 41.1 Å². The summed E-state index contributed by atoms with van der Waals surface area (Å²) in [5, 5.41) is 7.21. The molecule has 1 saturated carbocycles. The van der Waals surface area contributed by atoms with Gasteiger partial charge in [-0.1, -0.05) is 0 Å². The van der Waals surface area contributed by atoms with Gasteiger partial charge in [-0.2, -0.15) is 5.10 Å². The van der Waals surface area contributed by atoms with E-state index in [0.717, 1.165) is 11.4 Å². The van der Waals surface area contributed by atoms with Crippen molar-refractivity contribution < 1.29 is 13.6 Å². The van der Waals surface area contributed by atoms with E-state index in [1.54, 1.807) is 0 Å². The van der Waals surface area contributed by atoms with Crippen molar-refractivity contribution in [3.8, 4) is 5.95 Å². The van der Waals surface area contributed by atoms with Crippen molar-refractivity contribution in [1.82, 2.24) is 19.7 Å². The number of aldehydes is 1. The van der Waals surface area contributed by atoms with Gasteiger partial charge >= 0.3 is 0 Å². The molecule has 6 nitrogen and oxygen atoms in total. The van der Waals surface area contributed by atoms with Crippen LogP contribution < -0.4 is 5.32 Å². The molecule has 0 spiro atoms. The van der Waals surface area contributed by atoms with E-state index in [1.807, 2.05) is 19.9 Å². The van der Waals surface area contributed by atoms with E-state index < -0.39 is 5.92 Å². The number of nitrogens with zero attached hydrogens (tertiary/aromatic N) is 4. The van der Waals surface area contributed by atoms with Crippen molar-refractivity contribution in [3.05, 3.63) is 29.3 Å². The minimum Gasteiger partial charge on any atom is -0.379 e. The van der Waals surface area contributed by atoms with Gasteiger partial charge in [-0.25, -0.2) is 23.4 Å². The fourth-order valence-corrected chi connectivity index (χ4v) is 2.81. The molecule has 2 aromatic heterocycles. The lowest BCUT2D eigenvalue weighted by Gasteiger charge is -2.15. The van der Waals surface area contributed by atoms with Crippen molar-refractivity contribution in [3.63, 3.8) is 0 Å². The molecule has 0 saturated heterocycles. The third-order valence-corrected chi connectivity index (χ3v) is 3.88. The van der Waals surface area contributed by atoms with Crippen LogP contribution in [0.15, 0.2) is 12.3 Å². The molecule has 0 radical (unpaired) electrons. The van der Waals surface area contributed by atoms with Gasteiger partial charge in [-0.3, -0.25) is 4.79 Å². The van der Waals surface area contributed by atoms with Gasteiger partial charge in [0.05, 0.1) is 17.6 Å². The second-order valence-corrected chi connectivity index (χ2v) is 5.87. The highest BCUT2D eigenvalue weighted by atomic mass is 19.3. The number of aromatic nitrogens is 4. The summed E-state index contributed by atoms with van der Waals surface area (Å²) in [7, 11) is 0. The maximum atomic E-state index is 13.3. The molecule has 122 valence electrons. The maximum Gasteiger partial charge on any atom is 0.251 e. The monoisotopic (exact) mass is 321 g/mol. The summed E-state index contributed by atoms with van der Waals surface area (Å²) in [6.07, 6.45) is 1.99. The zero-order chi connectivity index (χ0) is 16.6. The molecular formula is C15H17F2N5O. The van der Waals surface area contributed by atoms with Gasteiger partial charge in [-0.05, 0) is 26.3 Å². The molecule has 2 heterocycles. The highest BCUT2D eigenvalue weighted by Gasteiger charge is 2.39. The van der Waals surface area contributed by atoms with E-state index >= 15 is 0 Å². The molecule has 1 aliphatic rings. The summed E-state index contributed by atoms with van der Waals surface area (Å²) in [5.74, 6) is -2.37. The minimum atomic E-state index is -2.65. The Morgan fingerprint density at radius 3 is 2.78 bits per heavy atom. The number of aryl methyl sites for hydroxylation is 2. The molecule has 1 atom stereocenters. The minimum absolute atomic E-state index is 0.137. The highest BCUT2D eigenvalue weighted by Crippen LogP contribution is 2.36. The normalized spacial score (nSPS) is 19.7. The van der Waals surface area contributed by atoms with Crippen molar-refractivity contribution >= 4 is 12.0 Å². The molecule has 1 N–H and O–H groups in total. The Kier molecular flexibility index (Phi) is 3.83. The van der Waals surface area contributed by atoms with Crippen LogP contribution in [0.5, 0.6) is 0 Å². The molecule has 0 amide bonds. The van der Waals surface area contributed by atoms with Gasteiger partial charge in [0.25, 0.3) is 5.95 Å². The summed E-state index contributed by atoms with van der Waals surface area (Å²) in [5.41, 5.74) is 2.16. The molecule has 3 rings (SSSR count). The van der Waals surface area contributed by atoms with Crippen LogP contribution in [-0.2, 0) is 0 Å². The van der Waals surface area contributed by atoms with Crippen LogP contribution in [0.3, 0.4) is 0 Å². The fraction of sp³-hybridized carbons (Fsp3) is 0.467. The van der Waals surface area contributed by atoms with Gasteiger partial charge in [-0.15, -0.1) is 0 Å². The van der Waals surface area contributed by atoms with Crippen LogP contribution in [0.4, 0.5) is 14.5 Å². The molecule has 1 aliphatic carbocycles. The lowest BCUT2D eigenvalue weighted by molar-refractivity contribution is 0.00852. The third-order valence-electron chi connectivity index (χ3n) is 3.88. The predicted octanol–water partition coefficient (Wildman–Crippen LogP) is 2.69. The van der Waals surface area contributed by atoms with Gasteiger partial charge in [0.2, 0.25) is 5.92 Å². The SMILES string of the molecule is Cc1cc(C)n(-c2ncc(NC3CCC(F)(F)C3)c(C=O)n2)n1. The summed E-state index contributed by atoms with van der Waals surface area (Å²) in [6.45, 7) is 3.71. The Balaban J connectivity index is 1.86. The van der Waals surface area contributed by atoms with E-state index in [9.17, 15) is 13.6 Å². The summed E-state index contributed by atoms with van der Waals surface area (Å²) in [4.78, 5) is 19.7. The van der Waals surface area contributed by atoms with Gasteiger partial charge in [0.15, 0.2) is 6.29 Å². The number of rotatable bonds is 4. The van der Waals surface area contributed by atoms with E-state index in [1.165, 1.54) is 10.9 Å². The predicted molar refractivity (Wildman–Crippen MR) is 80.2 cm³/mol. The van der Waals surface area contributed by atoms with Crippen LogP contribution >= 0.6 is 0 Å². The van der Waals surface area contributed by atoms with Gasteiger partial charge < -0.3 is 5.32 Å². The Morgan fingerprint density at radius 2 is 2.22 bits per heavy atom. The number of halogens is 2. The average Bonchev–Trinajstić information content (AvgIpc) is 3.01. The quantitative estimate of drug-likeness (QED) is 0.877. The maximum absolute atomic E-state index is 13.3. The number of carbonyl (C=O) groups excluding carboxylic acids is 1. The zero-order valence-corrected chi connectivity index (χ0v) is 12.9. The Morgan fingerprint density at radius 1 is 1.43 bits per heavy atom. The van der Waals surface area contributed by atoms with Gasteiger partial charge in [0.1, 0.15) is 5.69 Å². The lowest BCUT2D eigenvalue weighted by atomic mass is 10.2. The highest BCUT2D eigenvalue weighted by molar-refractivity contribution is 5.81. The van der Waals surface area contributed by atoms with Crippen LogP contribution in [0.2, 0.25) is 0 Å². The summed E-state index contributed by atoms with van der Waals surface area (Å²) in [6, 6.07) is 1.49. The molecule has 1 fully saturated rings. The van der Waals surface area contributed by atoms with Crippen molar-refractivity contribution in [2.45, 2.75) is 45.1 Å². The fourth-order valence-electron chi connectivity index (χ4n) is 2.81. The van der Waals surface area contributed by atoms with Crippen molar-refractivity contribution in [2.75, 3.05) is 5.32 Å². The molecule has 1 unspecified atom stereocenters. The lowest BCUT2D eigenvalue weighted by Crippen LogP contribution is -2.20. The number of nitrogens with one attached hydrogen (secondary N) is 1. The van der Waals surface area contributed by atoms with E-state index in [0.29, 0.717) is 18.4 Å². The molecule has 2 aromatic rings. The Bertz CT molecular complexity index is 743. The second-order valence-electron chi connectivity index (χ2n) is 5.87. The first-order chi connectivity index (χ1) is 10.9. The number of hydrogen-bond acceptors (Lipinski definition) is 5. The van der Waals surface area contributed by atoms with E-state index in [4.69, 9.17) is 0 Å². The summed E-state index contributed by atoms with van der Waals surface area (Å²) < 4.78 is 28.1. The van der Waals surface area contributed by atoms with E-state index in [-0.39, 0.29) is 30.5 Å². The second kappa shape index (κ2) is 5.68. The number of carbonyl (C=O) groups is 1. The molecular weight excluding hydrogens is 304 g/mol. The first kappa shape index (κ1) is 15.5. The van der Waals surface area contributed by atoms with Gasteiger partial charge in [0, 0.05) is 24.6 Å². The number of alkyl halides is 2. The third kappa shape index (κ3) is 3.20. The zero-order valence-electron chi connectivity index (χ0n) is 12.9. The smallest absolute Gasteiger partial charge is 0.251 e. The van der Waals surface area contributed by atoms with Crippen LogP contribution in [-0.4, -0.2) is 38.0 Å². The topological polar surface area (TPSA) is 72.7 Å². The Hall–Kier alpha value is -2.38. The standard InChI is InChI=1S/C15H17F2N5O/c1-9-5-10(2)22(21-9)14-18-7-12(13(8-23)20-14)19-11-3-4-15(16,17)6-11/h5,7-8,11,19H,3-4,6H2,1-2H3. The van der Waals surface area contributed by atoms with E-state index in [2.05, 4.69) is 20.4 Å². The molecule has 0 aromatic carbocycles. The molecule has 23 heavy (non-hydrogen) atoms. The number of hydrogen-bond donors (Lipinski definition) is 1. The Labute approximate surface area is 131 Å². The molecule has 0 bridgehead atoms.